The molecule has 1 amide bonds. The number of benzene rings is 3. The van der Waals surface area contributed by atoms with Gasteiger partial charge in [-0.25, -0.2) is 15.0 Å². The highest BCUT2D eigenvalue weighted by Gasteiger charge is 2.10. The van der Waals surface area contributed by atoms with Crippen molar-refractivity contribution in [2.24, 2.45) is 0 Å². The summed E-state index contributed by atoms with van der Waals surface area (Å²) >= 11 is 0. The van der Waals surface area contributed by atoms with E-state index >= 15 is 0 Å². The SMILES string of the molecule is Cc1ncn(-c2cc(Oc3ccc(NC(=O)Cc4cccc5ccccc45)cc3)ncn2)c1C. The van der Waals surface area contributed by atoms with Crippen molar-refractivity contribution in [3.05, 3.63) is 102 Å². The van der Waals surface area contributed by atoms with Crippen LogP contribution in [0.5, 0.6) is 11.6 Å². The Morgan fingerprint density at radius 2 is 1.74 bits per heavy atom. The fraction of sp³-hybridized carbons (Fsp3) is 0.111. The molecule has 7 nitrogen and oxygen atoms in total. The Balaban J connectivity index is 1.25. The summed E-state index contributed by atoms with van der Waals surface area (Å²) in [6.07, 6.45) is 3.49. The lowest BCUT2D eigenvalue weighted by molar-refractivity contribution is -0.115. The van der Waals surface area contributed by atoms with Gasteiger partial charge >= 0.3 is 0 Å². The minimum absolute atomic E-state index is 0.0727. The maximum atomic E-state index is 12.6. The summed E-state index contributed by atoms with van der Waals surface area (Å²) in [6, 6.07) is 23.0. The van der Waals surface area contributed by atoms with Gasteiger partial charge in [-0.05, 0) is 54.4 Å². The molecule has 2 aromatic heterocycles. The first-order chi connectivity index (χ1) is 16.6. The van der Waals surface area contributed by atoms with Crippen LogP contribution in [0, 0.1) is 13.8 Å². The third-order valence-corrected chi connectivity index (χ3v) is 5.72. The number of imidazole rings is 1. The lowest BCUT2D eigenvalue weighted by Gasteiger charge is -2.10. The molecule has 0 unspecified atom stereocenters. The van der Waals surface area contributed by atoms with Crippen LogP contribution in [0.2, 0.25) is 0 Å². The number of amides is 1. The van der Waals surface area contributed by atoms with Gasteiger partial charge in [0.1, 0.15) is 24.2 Å². The van der Waals surface area contributed by atoms with E-state index in [0.29, 0.717) is 29.6 Å². The molecule has 0 radical (unpaired) electrons. The molecule has 5 rings (SSSR count). The topological polar surface area (TPSA) is 81.9 Å². The first-order valence-corrected chi connectivity index (χ1v) is 10.9. The molecule has 0 aliphatic rings. The predicted molar refractivity (Wildman–Crippen MR) is 131 cm³/mol. The molecular weight excluding hydrogens is 426 g/mol. The van der Waals surface area contributed by atoms with Gasteiger partial charge in [0.15, 0.2) is 0 Å². The van der Waals surface area contributed by atoms with E-state index in [1.54, 1.807) is 24.5 Å². The molecule has 0 saturated carbocycles. The fourth-order valence-corrected chi connectivity index (χ4v) is 3.80. The van der Waals surface area contributed by atoms with Crippen molar-refractivity contribution in [1.29, 1.82) is 0 Å². The normalized spacial score (nSPS) is 10.9. The largest absolute Gasteiger partial charge is 0.439 e. The van der Waals surface area contributed by atoms with Crippen molar-refractivity contribution in [1.82, 2.24) is 19.5 Å². The molecule has 0 bridgehead atoms. The Hall–Kier alpha value is -4.52. The Morgan fingerprint density at radius 3 is 2.53 bits per heavy atom. The molecule has 0 atom stereocenters. The highest BCUT2D eigenvalue weighted by atomic mass is 16.5. The third-order valence-electron chi connectivity index (χ3n) is 5.72. The zero-order valence-corrected chi connectivity index (χ0v) is 18.9. The summed E-state index contributed by atoms with van der Waals surface area (Å²) in [7, 11) is 0. The van der Waals surface area contributed by atoms with E-state index in [2.05, 4.69) is 20.3 Å². The Bertz CT molecular complexity index is 1470. The van der Waals surface area contributed by atoms with Crippen LogP contribution in [-0.4, -0.2) is 25.4 Å². The molecule has 0 fully saturated rings. The van der Waals surface area contributed by atoms with E-state index in [0.717, 1.165) is 27.7 Å². The number of carbonyl (C=O) groups excluding carboxylic acids is 1. The summed E-state index contributed by atoms with van der Waals surface area (Å²) < 4.78 is 7.78. The van der Waals surface area contributed by atoms with E-state index in [4.69, 9.17) is 4.74 Å². The lowest BCUT2D eigenvalue weighted by Crippen LogP contribution is -2.14. The van der Waals surface area contributed by atoms with Gasteiger partial charge in [-0.1, -0.05) is 42.5 Å². The molecule has 7 heteroatoms. The molecule has 34 heavy (non-hydrogen) atoms. The smallest absolute Gasteiger partial charge is 0.228 e. The number of aryl methyl sites for hydroxylation is 1. The minimum atomic E-state index is -0.0727. The van der Waals surface area contributed by atoms with Crippen LogP contribution in [0.3, 0.4) is 0 Å². The number of hydrogen-bond acceptors (Lipinski definition) is 5. The second-order valence-corrected chi connectivity index (χ2v) is 7.99. The number of fused-ring (bicyclic) bond motifs is 1. The van der Waals surface area contributed by atoms with Crippen LogP contribution in [0.1, 0.15) is 17.0 Å². The van der Waals surface area contributed by atoms with Gasteiger partial charge in [-0.3, -0.25) is 9.36 Å². The van der Waals surface area contributed by atoms with Gasteiger partial charge in [-0.15, -0.1) is 0 Å². The van der Waals surface area contributed by atoms with Crippen LogP contribution in [0.15, 0.2) is 85.5 Å². The van der Waals surface area contributed by atoms with Gasteiger partial charge in [0.2, 0.25) is 11.8 Å². The van der Waals surface area contributed by atoms with Crippen LogP contribution in [0.4, 0.5) is 5.69 Å². The average Bonchev–Trinajstić information content (AvgIpc) is 3.19. The molecule has 0 spiro atoms. The Labute approximate surface area is 197 Å². The number of anilines is 1. The zero-order valence-electron chi connectivity index (χ0n) is 18.9. The number of ether oxygens (including phenoxy) is 1. The molecular formula is C27H23N5O2. The Kier molecular flexibility index (Phi) is 5.74. The molecule has 3 aromatic carbocycles. The number of hydrogen-bond donors (Lipinski definition) is 1. The first-order valence-electron chi connectivity index (χ1n) is 10.9. The lowest BCUT2D eigenvalue weighted by atomic mass is 10.0. The van der Waals surface area contributed by atoms with Crippen molar-refractivity contribution in [3.63, 3.8) is 0 Å². The van der Waals surface area contributed by atoms with E-state index in [1.165, 1.54) is 6.33 Å². The maximum absolute atomic E-state index is 12.6. The van der Waals surface area contributed by atoms with E-state index < -0.39 is 0 Å². The number of nitrogens with zero attached hydrogens (tertiary/aromatic N) is 4. The quantitative estimate of drug-likeness (QED) is 0.375. The number of nitrogens with one attached hydrogen (secondary N) is 1. The minimum Gasteiger partial charge on any atom is -0.439 e. The summed E-state index contributed by atoms with van der Waals surface area (Å²) in [5, 5.41) is 5.17. The second kappa shape index (κ2) is 9.15. The monoisotopic (exact) mass is 449 g/mol. The summed E-state index contributed by atoms with van der Waals surface area (Å²) in [5.74, 6) is 1.63. The van der Waals surface area contributed by atoms with Gasteiger partial charge in [-0.2, -0.15) is 0 Å². The predicted octanol–water partition coefficient (Wildman–Crippen LogP) is 5.41. The van der Waals surface area contributed by atoms with Gasteiger partial charge in [0, 0.05) is 17.4 Å². The summed E-state index contributed by atoms with van der Waals surface area (Å²) in [5.41, 5.74) is 3.65. The van der Waals surface area contributed by atoms with Crippen LogP contribution in [0.25, 0.3) is 16.6 Å². The van der Waals surface area contributed by atoms with Gasteiger partial charge in [0.25, 0.3) is 0 Å². The number of carbonyl (C=O) groups is 1. The summed E-state index contributed by atoms with van der Waals surface area (Å²) in [6.45, 7) is 3.94. The molecule has 1 N–H and O–H groups in total. The fourth-order valence-electron chi connectivity index (χ4n) is 3.80. The molecule has 0 aliphatic carbocycles. The average molecular weight is 450 g/mol. The molecule has 0 aliphatic heterocycles. The Morgan fingerprint density at radius 1 is 0.941 bits per heavy atom. The second-order valence-electron chi connectivity index (χ2n) is 7.99. The van der Waals surface area contributed by atoms with Crippen LogP contribution >= 0.6 is 0 Å². The van der Waals surface area contributed by atoms with Crippen molar-refractivity contribution in [2.45, 2.75) is 20.3 Å². The standard InChI is InChI=1S/C27H23N5O2/c1-18-19(2)32(17-30-18)25-15-27(29-16-28-25)34-23-12-10-22(11-13-23)31-26(33)14-21-8-5-7-20-6-3-4-9-24(20)21/h3-13,15-17H,14H2,1-2H3,(H,31,33). The molecule has 2 heterocycles. The highest BCUT2D eigenvalue weighted by Crippen LogP contribution is 2.24. The third kappa shape index (κ3) is 4.49. The van der Waals surface area contributed by atoms with Gasteiger partial charge < -0.3 is 10.1 Å². The van der Waals surface area contributed by atoms with Crippen LogP contribution < -0.4 is 10.1 Å². The zero-order chi connectivity index (χ0) is 23.5. The van der Waals surface area contributed by atoms with Crippen LogP contribution in [-0.2, 0) is 11.2 Å². The maximum Gasteiger partial charge on any atom is 0.228 e. The van der Waals surface area contributed by atoms with Gasteiger partial charge in [0.05, 0.1) is 12.1 Å². The number of rotatable bonds is 6. The highest BCUT2D eigenvalue weighted by molar-refractivity contribution is 5.96. The summed E-state index contributed by atoms with van der Waals surface area (Å²) in [4.78, 5) is 25.5. The van der Waals surface area contributed by atoms with E-state index in [-0.39, 0.29) is 5.91 Å². The van der Waals surface area contributed by atoms with Crippen molar-refractivity contribution < 1.29 is 9.53 Å². The number of aromatic nitrogens is 4. The van der Waals surface area contributed by atoms with Crippen molar-refractivity contribution >= 4 is 22.4 Å². The van der Waals surface area contributed by atoms with E-state index in [1.807, 2.05) is 73.0 Å². The molecule has 5 aromatic rings. The van der Waals surface area contributed by atoms with Crippen molar-refractivity contribution in [3.8, 4) is 17.4 Å². The van der Waals surface area contributed by atoms with Crippen molar-refractivity contribution in [2.75, 3.05) is 5.32 Å². The molecule has 168 valence electrons. The molecule has 0 saturated heterocycles. The first kappa shape index (κ1) is 21.3. The van der Waals surface area contributed by atoms with E-state index in [9.17, 15) is 4.79 Å².